The Labute approximate surface area is 146 Å². The van der Waals surface area contributed by atoms with Crippen LogP contribution in [0.3, 0.4) is 0 Å². The molecule has 1 aromatic carbocycles. The van der Waals surface area contributed by atoms with Gasteiger partial charge in [0.2, 0.25) is 0 Å². The van der Waals surface area contributed by atoms with Crippen molar-refractivity contribution in [2.24, 2.45) is 0 Å². The summed E-state index contributed by atoms with van der Waals surface area (Å²) in [5.74, 6) is 0. The molecule has 1 aliphatic heterocycles. The lowest BCUT2D eigenvalue weighted by atomic mass is 9.98. The molecule has 0 bridgehead atoms. The van der Waals surface area contributed by atoms with E-state index in [-0.39, 0.29) is 5.54 Å². The molecule has 7 heteroatoms. The molecule has 134 valence electrons. The van der Waals surface area contributed by atoms with Crippen LogP contribution >= 0.6 is 12.2 Å². The maximum absolute atomic E-state index is 12.7. The molecule has 0 aliphatic carbocycles. The van der Waals surface area contributed by atoms with E-state index in [9.17, 15) is 13.2 Å². The summed E-state index contributed by atoms with van der Waals surface area (Å²) in [5, 5.41) is 6.29. The maximum Gasteiger partial charge on any atom is 0.416 e. The van der Waals surface area contributed by atoms with Crippen LogP contribution in [0.1, 0.15) is 38.7 Å². The van der Waals surface area contributed by atoms with Crippen molar-refractivity contribution in [2.75, 3.05) is 25.0 Å². The standard InChI is InChI=1S/C17H24F3N3S/c1-16(2,23-9-4-3-5-10-23)12-21-15(24)22-14-8-6-7-13(11-14)17(18,19)20/h6-8,11H,3-5,9-10,12H2,1-2H3,(H2,21,22,24). The van der Waals surface area contributed by atoms with Crippen LogP contribution in [0.15, 0.2) is 24.3 Å². The largest absolute Gasteiger partial charge is 0.416 e. The van der Waals surface area contributed by atoms with Gasteiger partial charge < -0.3 is 10.6 Å². The summed E-state index contributed by atoms with van der Waals surface area (Å²) in [5.41, 5.74) is -0.415. The SMILES string of the molecule is CC(C)(CNC(=S)Nc1cccc(C(F)(F)F)c1)N1CCCCC1. The van der Waals surface area contributed by atoms with Gasteiger partial charge in [-0.3, -0.25) is 4.90 Å². The third-order valence-electron chi connectivity index (χ3n) is 4.34. The number of hydrogen-bond acceptors (Lipinski definition) is 2. The Hall–Kier alpha value is -1.34. The average molecular weight is 359 g/mol. The molecular formula is C17H24F3N3S. The maximum atomic E-state index is 12.7. The average Bonchev–Trinajstić information content (AvgIpc) is 2.53. The molecule has 0 spiro atoms. The zero-order chi connectivity index (χ0) is 17.8. The van der Waals surface area contributed by atoms with Gasteiger partial charge in [0.15, 0.2) is 5.11 Å². The molecule has 1 fully saturated rings. The van der Waals surface area contributed by atoms with Crippen LogP contribution in [-0.2, 0) is 6.18 Å². The zero-order valence-corrected chi connectivity index (χ0v) is 14.9. The van der Waals surface area contributed by atoms with Crippen LogP contribution in [0.2, 0.25) is 0 Å². The van der Waals surface area contributed by atoms with Crippen LogP contribution in [0.25, 0.3) is 0 Å². The van der Waals surface area contributed by atoms with Gasteiger partial charge in [-0.2, -0.15) is 13.2 Å². The summed E-state index contributed by atoms with van der Waals surface area (Å²) >= 11 is 5.22. The van der Waals surface area contributed by atoms with Crippen molar-refractivity contribution in [3.63, 3.8) is 0 Å². The number of halogens is 3. The van der Waals surface area contributed by atoms with Crippen LogP contribution < -0.4 is 10.6 Å². The second-order valence-corrected chi connectivity index (χ2v) is 7.15. The number of nitrogens with one attached hydrogen (secondary N) is 2. The Balaban J connectivity index is 1.89. The van der Waals surface area contributed by atoms with E-state index in [0.717, 1.165) is 25.2 Å². The first kappa shape index (κ1) is 19.0. The normalized spacial score (nSPS) is 16.7. The molecule has 0 saturated carbocycles. The summed E-state index contributed by atoms with van der Waals surface area (Å²) in [6, 6.07) is 5.04. The van der Waals surface area contributed by atoms with Gasteiger partial charge in [-0.25, -0.2) is 0 Å². The van der Waals surface area contributed by atoms with E-state index in [4.69, 9.17) is 12.2 Å². The highest BCUT2D eigenvalue weighted by atomic mass is 32.1. The van der Waals surface area contributed by atoms with E-state index in [0.29, 0.717) is 17.3 Å². The van der Waals surface area contributed by atoms with Crippen molar-refractivity contribution < 1.29 is 13.2 Å². The van der Waals surface area contributed by atoms with Crippen LogP contribution in [0.4, 0.5) is 18.9 Å². The lowest BCUT2D eigenvalue weighted by Gasteiger charge is -2.41. The summed E-state index contributed by atoms with van der Waals surface area (Å²) < 4.78 is 38.2. The van der Waals surface area contributed by atoms with Crippen molar-refractivity contribution in [2.45, 2.75) is 44.8 Å². The fraction of sp³-hybridized carbons (Fsp3) is 0.588. The minimum absolute atomic E-state index is 0.0556. The molecule has 0 aromatic heterocycles. The fourth-order valence-electron chi connectivity index (χ4n) is 2.86. The second-order valence-electron chi connectivity index (χ2n) is 6.75. The van der Waals surface area contributed by atoms with E-state index in [2.05, 4.69) is 29.4 Å². The van der Waals surface area contributed by atoms with Crippen molar-refractivity contribution in [1.29, 1.82) is 0 Å². The number of hydrogen-bond donors (Lipinski definition) is 2. The molecule has 1 aromatic rings. The monoisotopic (exact) mass is 359 g/mol. The summed E-state index contributed by atoms with van der Waals surface area (Å²) in [7, 11) is 0. The number of rotatable bonds is 4. The first-order valence-electron chi connectivity index (χ1n) is 8.16. The van der Waals surface area contributed by atoms with Crippen molar-refractivity contribution >= 4 is 23.0 Å². The molecule has 0 amide bonds. The number of nitrogens with zero attached hydrogens (tertiary/aromatic N) is 1. The van der Waals surface area contributed by atoms with Crippen molar-refractivity contribution in [1.82, 2.24) is 10.2 Å². The molecule has 1 heterocycles. The van der Waals surface area contributed by atoms with E-state index >= 15 is 0 Å². The Morgan fingerprint density at radius 3 is 2.46 bits per heavy atom. The Kier molecular flexibility index (Phi) is 6.09. The van der Waals surface area contributed by atoms with Gasteiger partial charge in [0, 0.05) is 17.8 Å². The van der Waals surface area contributed by atoms with E-state index in [1.54, 1.807) is 6.07 Å². The molecule has 2 N–H and O–H groups in total. The highest BCUT2D eigenvalue weighted by Crippen LogP contribution is 2.30. The Morgan fingerprint density at radius 1 is 1.17 bits per heavy atom. The molecule has 1 saturated heterocycles. The van der Waals surface area contributed by atoms with Gasteiger partial charge in [-0.15, -0.1) is 0 Å². The Bertz CT molecular complexity index is 566. The molecule has 0 atom stereocenters. The number of thiocarbonyl (C=S) groups is 1. The first-order chi connectivity index (χ1) is 11.2. The molecule has 3 nitrogen and oxygen atoms in total. The first-order valence-corrected chi connectivity index (χ1v) is 8.56. The lowest BCUT2D eigenvalue weighted by Crippen LogP contribution is -2.53. The minimum atomic E-state index is -4.36. The van der Waals surface area contributed by atoms with Gasteiger partial charge in [-0.05, 0) is 70.2 Å². The molecule has 0 unspecified atom stereocenters. The Morgan fingerprint density at radius 2 is 1.83 bits per heavy atom. The lowest BCUT2D eigenvalue weighted by molar-refractivity contribution is -0.137. The minimum Gasteiger partial charge on any atom is -0.361 e. The van der Waals surface area contributed by atoms with Crippen LogP contribution in [-0.4, -0.2) is 35.2 Å². The van der Waals surface area contributed by atoms with Crippen LogP contribution in [0.5, 0.6) is 0 Å². The van der Waals surface area contributed by atoms with E-state index in [1.165, 1.54) is 25.3 Å². The third-order valence-corrected chi connectivity index (χ3v) is 4.59. The number of anilines is 1. The van der Waals surface area contributed by atoms with Gasteiger partial charge in [0.25, 0.3) is 0 Å². The molecular weight excluding hydrogens is 335 g/mol. The fourth-order valence-corrected chi connectivity index (χ4v) is 3.05. The van der Waals surface area contributed by atoms with Gasteiger partial charge in [0.05, 0.1) is 5.56 Å². The molecule has 2 rings (SSSR count). The predicted molar refractivity (Wildman–Crippen MR) is 95.2 cm³/mol. The summed E-state index contributed by atoms with van der Waals surface area (Å²) in [6.07, 6.45) is -0.675. The molecule has 1 aliphatic rings. The number of benzene rings is 1. The van der Waals surface area contributed by atoms with E-state index in [1.807, 2.05) is 0 Å². The highest BCUT2D eigenvalue weighted by Gasteiger charge is 2.30. The van der Waals surface area contributed by atoms with E-state index < -0.39 is 11.7 Å². The van der Waals surface area contributed by atoms with Gasteiger partial charge in [0.1, 0.15) is 0 Å². The number of piperidine rings is 1. The van der Waals surface area contributed by atoms with Gasteiger partial charge in [-0.1, -0.05) is 12.5 Å². The summed E-state index contributed by atoms with van der Waals surface area (Å²) in [4.78, 5) is 2.43. The number of alkyl halides is 3. The van der Waals surface area contributed by atoms with Gasteiger partial charge >= 0.3 is 6.18 Å². The third kappa shape index (κ3) is 5.34. The quantitative estimate of drug-likeness (QED) is 0.786. The van der Waals surface area contributed by atoms with Crippen LogP contribution in [0, 0.1) is 0 Å². The highest BCUT2D eigenvalue weighted by molar-refractivity contribution is 7.80. The predicted octanol–water partition coefficient (Wildman–Crippen LogP) is 4.26. The molecule has 24 heavy (non-hydrogen) atoms. The smallest absolute Gasteiger partial charge is 0.361 e. The zero-order valence-electron chi connectivity index (χ0n) is 14.0. The second kappa shape index (κ2) is 7.70. The van der Waals surface area contributed by atoms with Crippen molar-refractivity contribution in [3.05, 3.63) is 29.8 Å². The molecule has 0 radical (unpaired) electrons. The number of likely N-dealkylation sites (tertiary alicyclic amines) is 1. The summed E-state index contributed by atoms with van der Waals surface area (Å²) in [6.45, 7) is 7.08. The van der Waals surface area contributed by atoms with Crippen molar-refractivity contribution in [3.8, 4) is 0 Å². The topological polar surface area (TPSA) is 27.3 Å².